The van der Waals surface area contributed by atoms with Crippen molar-refractivity contribution in [2.45, 2.75) is 25.3 Å². The molecular formula is C16H25N3O. The summed E-state index contributed by atoms with van der Waals surface area (Å²) in [7, 11) is 2.11. The molecule has 0 aliphatic carbocycles. The topological polar surface area (TPSA) is 49.6 Å². The van der Waals surface area contributed by atoms with Gasteiger partial charge in [-0.05, 0) is 32.0 Å². The molecule has 0 radical (unpaired) electrons. The van der Waals surface area contributed by atoms with E-state index in [2.05, 4.69) is 11.9 Å². The molecule has 4 heteroatoms. The van der Waals surface area contributed by atoms with Crippen LogP contribution in [0.25, 0.3) is 0 Å². The molecule has 1 heterocycles. The third-order valence-corrected chi connectivity index (χ3v) is 3.97. The highest BCUT2D eigenvalue weighted by Crippen LogP contribution is 2.16. The Morgan fingerprint density at radius 1 is 1.20 bits per heavy atom. The van der Waals surface area contributed by atoms with Crippen molar-refractivity contribution in [1.82, 2.24) is 9.80 Å². The summed E-state index contributed by atoms with van der Waals surface area (Å²) in [5.74, 6) is 0.242. The van der Waals surface area contributed by atoms with Crippen LogP contribution in [0.5, 0.6) is 0 Å². The van der Waals surface area contributed by atoms with E-state index < -0.39 is 0 Å². The quantitative estimate of drug-likeness (QED) is 0.908. The van der Waals surface area contributed by atoms with E-state index in [0.717, 1.165) is 44.6 Å². The average Bonchev–Trinajstić information content (AvgIpc) is 2.70. The Kier molecular flexibility index (Phi) is 5.56. The first kappa shape index (κ1) is 15.0. The molecule has 1 unspecified atom stereocenters. The highest BCUT2D eigenvalue weighted by molar-refractivity contribution is 5.76. The number of hydrogen-bond donors (Lipinski definition) is 1. The zero-order valence-electron chi connectivity index (χ0n) is 12.3. The second-order valence-electron chi connectivity index (χ2n) is 5.59. The molecule has 1 saturated heterocycles. The average molecular weight is 275 g/mol. The zero-order chi connectivity index (χ0) is 14.4. The molecule has 1 aliphatic heterocycles. The van der Waals surface area contributed by atoms with Crippen molar-refractivity contribution in [2.24, 2.45) is 5.73 Å². The summed E-state index contributed by atoms with van der Waals surface area (Å²) in [6.07, 6.45) is 2.32. The summed E-state index contributed by atoms with van der Waals surface area (Å²) in [4.78, 5) is 16.5. The minimum absolute atomic E-state index is 0.0465. The van der Waals surface area contributed by atoms with Crippen molar-refractivity contribution in [1.29, 1.82) is 0 Å². The molecule has 0 bridgehead atoms. The maximum Gasteiger partial charge on any atom is 0.222 e. The molecule has 110 valence electrons. The molecule has 1 fully saturated rings. The van der Waals surface area contributed by atoms with Gasteiger partial charge in [0.1, 0.15) is 0 Å². The molecule has 0 spiro atoms. The molecule has 1 atom stereocenters. The Hall–Kier alpha value is -1.39. The van der Waals surface area contributed by atoms with Gasteiger partial charge in [0.2, 0.25) is 5.91 Å². The molecule has 1 amide bonds. The number of amides is 1. The van der Waals surface area contributed by atoms with Crippen LogP contribution in [0.3, 0.4) is 0 Å². The molecule has 20 heavy (non-hydrogen) atoms. The maximum absolute atomic E-state index is 12.2. The molecule has 1 aromatic rings. The van der Waals surface area contributed by atoms with Crippen molar-refractivity contribution in [3.63, 3.8) is 0 Å². The van der Waals surface area contributed by atoms with Crippen molar-refractivity contribution >= 4 is 5.91 Å². The smallest absolute Gasteiger partial charge is 0.222 e. The first-order chi connectivity index (χ1) is 9.66. The van der Waals surface area contributed by atoms with Crippen LogP contribution in [0.2, 0.25) is 0 Å². The van der Waals surface area contributed by atoms with Gasteiger partial charge in [0, 0.05) is 32.1 Å². The molecule has 2 rings (SSSR count). The standard InChI is InChI=1S/C16H25N3O/c1-18-10-5-11-19(13-12-18)16(20)9-8-15(17)14-6-3-2-4-7-14/h2-4,6-7,15H,5,8-13,17H2,1H3. The van der Waals surface area contributed by atoms with Crippen LogP contribution in [-0.2, 0) is 4.79 Å². The Labute approximate surface area is 121 Å². The largest absolute Gasteiger partial charge is 0.341 e. The molecule has 1 aromatic carbocycles. The molecule has 0 saturated carbocycles. The van der Waals surface area contributed by atoms with Gasteiger partial charge in [0.15, 0.2) is 0 Å². The monoisotopic (exact) mass is 275 g/mol. The van der Waals surface area contributed by atoms with Gasteiger partial charge in [-0.2, -0.15) is 0 Å². The van der Waals surface area contributed by atoms with Gasteiger partial charge < -0.3 is 15.5 Å². The van der Waals surface area contributed by atoms with Crippen LogP contribution in [-0.4, -0.2) is 48.9 Å². The fourth-order valence-corrected chi connectivity index (χ4v) is 2.60. The zero-order valence-corrected chi connectivity index (χ0v) is 12.3. The van der Waals surface area contributed by atoms with E-state index in [9.17, 15) is 4.79 Å². The van der Waals surface area contributed by atoms with E-state index in [1.807, 2.05) is 35.2 Å². The van der Waals surface area contributed by atoms with Crippen molar-refractivity contribution < 1.29 is 4.79 Å². The third-order valence-electron chi connectivity index (χ3n) is 3.97. The van der Waals surface area contributed by atoms with Gasteiger partial charge in [-0.1, -0.05) is 30.3 Å². The SMILES string of the molecule is CN1CCCN(C(=O)CCC(N)c2ccccc2)CC1. The molecule has 0 aromatic heterocycles. The van der Waals surface area contributed by atoms with Crippen LogP contribution in [0, 0.1) is 0 Å². The van der Waals surface area contributed by atoms with Gasteiger partial charge in [0.25, 0.3) is 0 Å². The Balaban J connectivity index is 1.80. The van der Waals surface area contributed by atoms with Gasteiger partial charge >= 0.3 is 0 Å². The second kappa shape index (κ2) is 7.41. The number of benzene rings is 1. The number of rotatable bonds is 4. The number of carbonyl (C=O) groups excluding carboxylic acids is 1. The number of carbonyl (C=O) groups is 1. The number of likely N-dealkylation sites (N-methyl/N-ethyl adjacent to an activating group) is 1. The highest BCUT2D eigenvalue weighted by atomic mass is 16.2. The van der Waals surface area contributed by atoms with Crippen LogP contribution in [0.1, 0.15) is 30.9 Å². The van der Waals surface area contributed by atoms with Crippen LogP contribution < -0.4 is 5.73 Å². The lowest BCUT2D eigenvalue weighted by Gasteiger charge is -2.21. The normalized spacial score (nSPS) is 18.6. The fourth-order valence-electron chi connectivity index (χ4n) is 2.60. The maximum atomic E-state index is 12.2. The number of hydrogen-bond acceptors (Lipinski definition) is 3. The number of nitrogens with zero attached hydrogens (tertiary/aromatic N) is 2. The lowest BCUT2D eigenvalue weighted by atomic mass is 10.0. The highest BCUT2D eigenvalue weighted by Gasteiger charge is 2.18. The van der Waals surface area contributed by atoms with Crippen molar-refractivity contribution in [2.75, 3.05) is 33.2 Å². The van der Waals surface area contributed by atoms with E-state index in [1.54, 1.807) is 0 Å². The molecule has 2 N–H and O–H groups in total. The number of nitrogens with two attached hydrogens (primary N) is 1. The summed E-state index contributed by atoms with van der Waals surface area (Å²) >= 11 is 0. The minimum Gasteiger partial charge on any atom is -0.341 e. The van der Waals surface area contributed by atoms with Crippen LogP contribution in [0.4, 0.5) is 0 Å². The van der Waals surface area contributed by atoms with Gasteiger partial charge in [0.05, 0.1) is 0 Å². The van der Waals surface area contributed by atoms with Crippen molar-refractivity contribution in [3.8, 4) is 0 Å². The molecular weight excluding hydrogens is 250 g/mol. The van der Waals surface area contributed by atoms with E-state index in [4.69, 9.17) is 5.73 Å². The molecule has 1 aliphatic rings. The van der Waals surface area contributed by atoms with Gasteiger partial charge in [-0.25, -0.2) is 0 Å². The minimum atomic E-state index is -0.0465. The first-order valence-corrected chi connectivity index (χ1v) is 7.43. The predicted molar refractivity (Wildman–Crippen MR) is 81.3 cm³/mol. The van der Waals surface area contributed by atoms with E-state index in [-0.39, 0.29) is 11.9 Å². The predicted octanol–water partition coefficient (Wildman–Crippen LogP) is 1.63. The summed E-state index contributed by atoms with van der Waals surface area (Å²) in [5, 5.41) is 0. The third kappa shape index (κ3) is 4.32. The Bertz CT molecular complexity index is 421. The molecule has 4 nitrogen and oxygen atoms in total. The van der Waals surface area contributed by atoms with Crippen LogP contribution in [0.15, 0.2) is 30.3 Å². The first-order valence-electron chi connectivity index (χ1n) is 7.43. The van der Waals surface area contributed by atoms with Gasteiger partial charge in [-0.15, -0.1) is 0 Å². The van der Waals surface area contributed by atoms with E-state index in [0.29, 0.717) is 6.42 Å². The summed E-state index contributed by atoms with van der Waals surface area (Å²) in [5.41, 5.74) is 7.25. The van der Waals surface area contributed by atoms with Crippen LogP contribution >= 0.6 is 0 Å². The Morgan fingerprint density at radius 3 is 2.70 bits per heavy atom. The summed E-state index contributed by atoms with van der Waals surface area (Å²) in [6.45, 7) is 3.77. The second-order valence-corrected chi connectivity index (χ2v) is 5.59. The summed E-state index contributed by atoms with van der Waals surface area (Å²) in [6, 6.07) is 9.96. The lowest BCUT2D eigenvalue weighted by Crippen LogP contribution is -2.34. The Morgan fingerprint density at radius 2 is 1.95 bits per heavy atom. The van der Waals surface area contributed by atoms with E-state index >= 15 is 0 Å². The van der Waals surface area contributed by atoms with Gasteiger partial charge in [-0.3, -0.25) is 4.79 Å². The lowest BCUT2D eigenvalue weighted by molar-refractivity contribution is -0.131. The van der Waals surface area contributed by atoms with Crippen molar-refractivity contribution in [3.05, 3.63) is 35.9 Å². The summed E-state index contributed by atoms with van der Waals surface area (Å²) < 4.78 is 0. The fraction of sp³-hybridized carbons (Fsp3) is 0.562. The van der Waals surface area contributed by atoms with E-state index in [1.165, 1.54) is 0 Å².